The van der Waals surface area contributed by atoms with Crippen LogP contribution in [0, 0.1) is 24.7 Å². The predicted octanol–water partition coefficient (Wildman–Crippen LogP) is 3.75. The third-order valence-electron chi connectivity index (χ3n) is 10.5. The number of carbonyl (C=O) groups excluding carboxylic acids is 2. The van der Waals surface area contributed by atoms with Crippen molar-refractivity contribution < 1.29 is 9.59 Å². The molecule has 9 heteroatoms. The third kappa shape index (κ3) is 4.81. The van der Waals surface area contributed by atoms with Crippen LogP contribution in [0.1, 0.15) is 69.7 Å². The van der Waals surface area contributed by atoms with E-state index < -0.39 is 11.9 Å². The Hall–Kier alpha value is -2.23. The van der Waals surface area contributed by atoms with Crippen molar-refractivity contribution in [3.8, 4) is 0 Å². The average molecular weight is 564 g/mol. The standard InChI is InChI=1S/C31H41N5O3S/c1-20-32-24-4-2-5-26(28(24)30(39)36(20)25-6-7-27(37)33-29(25)38)40-13-3-8-34-9-11-35(12-10-34)31-17-21-14-22(18-31)16-23(15-21)19-31/h2,4-5,21-23,25H,3,6-19H2,1H3,(H,33,37,38). The summed E-state index contributed by atoms with van der Waals surface area (Å²) in [5, 5.41) is 2.95. The highest BCUT2D eigenvalue weighted by Crippen LogP contribution is 2.57. The van der Waals surface area contributed by atoms with Crippen LogP contribution in [-0.2, 0) is 9.59 Å². The van der Waals surface area contributed by atoms with Crippen molar-refractivity contribution in [1.82, 2.24) is 24.7 Å². The van der Waals surface area contributed by atoms with Gasteiger partial charge in [-0.15, -0.1) is 11.8 Å². The number of carbonyl (C=O) groups is 2. The molecule has 2 aromatic rings. The number of fused-ring (bicyclic) bond motifs is 1. The first-order chi connectivity index (χ1) is 19.4. The number of amides is 2. The van der Waals surface area contributed by atoms with Gasteiger partial charge in [-0.3, -0.25) is 29.2 Å². The number of rotatable bonds is 7. The number of piperazine rings is 1. The van der Waals surface area contributed by atoms with Gasteiger partial charge in [0, 0.05) is 43.0 Å². The molecular weight excluding hydrogens is 522 g/mol. The zero-order valence-corrected chi connectivity index (χ0v) is 24.4. The van der Waals surface area contributed by atoms with Gasteiger partial charge in [0.1, 0.15) is 11.9 Å². The zero-order chi connectivity index (χ0) is 27.4. The Morgan fingerprint density at radius 3 is 2.38 bits per heavy atom. The summed E-state index contributed by atoms with van der Waals surface area (Å²) in [6, 6.07) is 5.12. The highest BCUT2D eigenvalue weighted by atomic mass is 32.2. The normalized spacial score (nSPS) is 32.6. The van der Waals surface area contributed by atoms with Crippen LogP contribution in [0.4, 0.5) is 0 Å². The SMILES string of the molecule is Cc1nc2cccc(SCCCN3CCN(C45CC6CC(CC(C6)C4)C5)CC3)c2c(=O)n1C1CCC(=O)NC1=O. The molecule has 6 aliphatic rings. The first-order valence-electron chi connectivity index (χ1n) is 15.3. The molecule has 6 fully saturated rings. The molecule has 4 aliphatic carbocycles. The molecule has 2 saturated heterocycles. The van der Waals surface area contributed by atoms with Gasteiger partial charge in [-0.25, -0.2) is 4.98 Å². The molecular formula is C31H41N5O3S. The van der Waals surface area contributed by atoms with Gasteiger partial charge in [-0.1, -0.05) is 6.07 Å². The summed E-state index contributed by atoms with van der Waals surface area (Å²) >= 11 is 1.71. The van der Waals surface area contributed by atoms with E-state index in [1.54, 1.807) is 18.7 Å². The van der Waals surface area contributed by atoms with Crippen LogP contribution in [0.3, 0.4) is 0 Å². The Morgan fingerprint density at radius 2 is 1.70 bits per heavy atom. The fourth-order valence-electron chi connectivity index (χ4n) is 9.11. The molecule has 1 atom stereocenters. The van der Waals surface area contributed by atoms with E-state index in [1.165, 1.54) is 69.3 Å². The Balaban J connectivity index is 0.966. The van der Waals surface area contributed by atoms with E-state index in [-0.39, 0.29) is 17.9 Å². The topological polar surface area (TPSA) is 87.5 Å². The number of aromatic nitrogens is 2. The summed E-state index contributed by atoms with van der Waals surface area (Å²) in [4.78, 5) is 49.0. The van der Waals surface area contributed by atoms with Gasteiger partial charge in [0.15, 0.2) is 0 Å². The van der Waals surface area contributed by atoms with E-state index in [4.69, 9.17) is 0 Å². The largest absolute Gasteiger partial charge is 0.301 e. The lowest BCUT2D eigenvalue weighted by Crippen LogP contribution is -2.63. The highest BCUT2D eigenvalue weighted by Gasteiger charge is 2.53. The lowest BCUT2D eigenvalue weighted by atomic mass is 9.52. The number of piperidine rings is 1. The first kappa shape index (κ1) is 26.7. The van der Waals surface area contributed by atoms with Crippen molar-refractivity contribution in [3.05, 3.63) is 34.4 Å². The molecule has 1 unspecified atom stereocenters. The quantitative estimate of drug-likeness (QED) is 0.312. The van der Waals surface area contributed by atoms with Crippen LogP contribution in [0.15, 0.2) is 27.9 Å². The number of aryl methyl sites for hydroxylation is 1. The molecule has 4 saturated carbocycles. The number of imide groups is 1. The van der Waals surface area contributed by atoms with Crippen LogP contribution in [0.2, 0.25) is 0 Å². The van der Waals surface area contributed by atoms with Gasteiger partial charge >= 0.3 is 0 Å². The van der Waals surface area contributed by atoms with Crippen molar-refractivity contribution in [2.75, 3.05) is 38.5 Å². The van der Waals surface area contributed by atoms with Gasteiger partial charge in [0.05, 0.1) is 10.9 Å². The molecule has 0 radical (unpaired) electrons. The summed E-state index contributed by atoms with van der Waals surface area (Å²) in [6.45, 7) is 7.61. The van der Waals surface area contributed by atoms with Crippen LogP contribution in [0.5, 0.6) is 0 Å². The second-order valence-electron chi connectivity index (χ2n) is 13.1. The summed E-state index contributed by atoms with van der Waals surface area (Å²) < 4.78 is 1.48. The van der Waals surface area contributed by atoms with Gasteiger partial charge in [-0.05, 0) is 100 Å². The van der Waals surface area contributed by atoms with E-state index in [0.29, 0.717) is 28.7 Å². The van der Waals surface area contributed by atoms with Gasteiger partial charge in [-0.2, -0.15) is 0 Å². The molecule has 2 aliphatic heterocycles. The van der Waals surface area contributed by atoms with Crippen LogP contribution in [-0.4, -0.2) is 75.2 Å². The minimum Gasteiger partial charge on any atom is -0.301 e. The van der Waals surface area contributed by atoms with Crippen LogP contribution in [0.25, 0.3) is 10.9 Å². The van der Waals surface area contributed by atoms with E-state index >= 15 is 0 Å². The lowest BCUT2D eigenvalue weighted by Gasteiger charge is -2.61. The number of nitrogens with one attached hydrogen (secondary N) is 1. The number of hydrogen-bond acceptors (Lipinski definition) is 7. The predicted molar refractivity (Wildman–Crippen MR) is 156 cm³/mol. The van der Waals surface area contributed by atoms with Crippen LogP contribution < -0.4 is 10.9 Å². The van der Waals surface area contributed by atoms with Gasteiger partial charge in [0.25, 0.3) is 5.56 Å². The second-order valence-corrected chi connectivity index (χ2v) is 14.3. The molecule has 3 heterocycles. The van der Waals surface area contributed by atoms with Gasteiger partial charge in [0.2, 0.25) is 11.8 Å². The van der Waals surface area contributed by atoms with E-state index in [0.717, 1.165) is 41.4 Å². The monoisotopic (exact) mass is 563 g/mol. The summed E-state index contributed by atoms with van der Waals surface area (Å²) in [5.74, 6) is 3.73. The smallest absolute Gasteiger partial charge is 0.263 e. The second kappa shape index (κ2) is 10.6. The van der Waals surface area contributed by atoms with Crippen molar-refractivity contribution in [2.45, 2.75) is 81.2 Å². The molecule has 2 amide bonds. The molecule has 40 heavy (non-hydrogen) atoms. The molecule has 0 spiro atoms. The number of nitrogens with zero attached hydrogens (tertiary/aromatic N) is 4. The average Bonchev–Trinajstić information content (AvgIpc) is 2.91. The van der Waals surface area contributed by atoms with Gasteiger partial charge < -0.3 is 4.90 Å². The zero-order valence-electron chi connectivity index (χ0n) is 23.6. The fourth-order valence-corrected chi connectivity index (χ4v) is 10.1. The maximum Gasteiger partial charge on any atom is 0.263 e. The third-order valence-corrected chi connectivity index (χ3v) is 11.7. The summed E-state index contributed by atoms with van der Waals surface area (Å²) in [5.41, 5.74) is 0.996. The van der Waals surface area contributed by atoms with E-state index in [1.807, 2.05) is 18.2 Å². The van der Waals surface area contributed by atoms with Crippen molar-refractivity contribution in [3.63, 3.8) is 0 Å². The van der Waals surface area contributed by atoms with E-state index in [2.05, 4.69) is 20.1 Å². The molecule has 4 bridgehead atoms. The Kier molecular flexibility index (Phi) is 7.03. The first-order valence-corrected chi connectivity index (χ1v) is 16.3. The lowest BCUT2D eigenvalue weighted by molar-refractivity contribution is -0.135. The minimum atomic E-state index is -0.697. The maximum absolute atomic E-state index is 13.7. The number of thioether (sulfide) groups is 1. The minimum absolute atomic E-state index is 0.194. The molecule has 8 rings (SSSR count). The Labute approximate surface area is 240 Å². The fraction of sp³-hybridized carbons (Fsp3) is 0.677. The molecule has 214 valence electrons. The number of benzene rings is 1. The molecule has 1 aromatic carbocycles. The van der Waals surface area contributed by atoms with E-state index in [9.17, 15) is 14.4 Å². The number of hydrogen-bond donors (Lipinski definition) is 1. The van der Waals surface area contributed by atoms with Crippen molar-refractivity contribution >= 4 is 34.5 Å². The van der Waals surface area contributed by atoms with Crippen LogP contribution >= 0.6 is 11.8 Å². The van der Waals surface area contributed by atoms with Crippen molar-refractivity contribution in [1.29, 1.82) is 0 Å². The molecule has 1 N–H and O–H groups in total. The highest BCUT2D eigenvalue weighted by molar-refractivity contribution is 7.99. The van der Waals surface area contributed by atoms with Crippen molar-refractivity contribution in [2.24, 2.45) is 17.8 Å². The molecule has 1 aromatic heterocycles. The summed E-state index contributed by atoms with van der Waals surface area (Å²) in [7, 11) is 0. The summed E-state index contributed by atoms with van der Waals surface area (Å²) in [6.07, 6.45) is 10.5. The maximum atomic E-state index is 13.7. The Morgan fingerprint density at radius 1 is 1.00 bits per heavy atom. The molecule has 8 nitrogen and oxygen atoms in total. The Bertz CT molecular complexity index is 1350.